The van der Waals surface area contributed by atoms with Crippen molar-refractivity contribution in [2.75, 3.05) is 13.1 Å². The van der Waals surface area contributed by atoms with E-state index in [2.05, 4.69) is 17.3 Å². The van der Waals surface area contributed by atoms with Gasteiger partial charge in [0.05, 0.1) is 5.69 Å². The number of rotatable bonds is 2. The largest absolute Gasteiger partial charge is 0.332 e. The van der Waals surface area contributed by atoms with E-state index < -0.39 is 0 Å². The number of piperazine rings is 1. The van der Waals surface area contributed by atoms with Gasteiger partial charge in [0.25, 0.3) is 11.5 Å². The van der Waals surface area contributed by atoms with Crippen molar-refractivity contribution < 1.29 is 4.79 Å². The Morgan fingerprint density at radius 3 is 2.61 bits per heavy atom. The molecular formula is C17H22N4O2. The molecule has 1 amide bonds. The average Bonchev–Trinajstić information content (AvgIpc) is 2.92. The molecular weight excluding hydrogens is 292 g/mol. The second kappa shape index (κ2) is 6.04. The van der Waals surface area contributed by atoms with Gasteiger partial charge < -0.3 is 10.2 Å². The Bertz CT molecular complexity index is 760. The van der Waals surface area contributed by atoms with E-state index in [9.17, 15) is 9.59 Å². The van der Waals surface area contributed by atoms with Crippen LogP contribution in [-0.2, 0) is 0 Å². The van der Waals surface area contributed by atoms with Crippen molar-refractivity contribution in [2.24, 2.45) is 0 Å². The molecule has 23 heavy (non-hydrogen) atoms. The third kappa shape index (κ3) is 2.94. The summed E-state index contributed by atoms with van der Waals surface area (Å²) in [5.41, 5.74) is 1.94. The monoisotopic (exact) mass is 314 g/mol. The number of hydrogen-bond donors (Lipinski definition) is 2. The molecule has 2 atom stereocenters. The van der Waals surface area contributed by atoms with Crippen LogP contribution in [0.5, 0.6) is 0 Å². The molecule has 3 rings (SSSR count). The second-order valence-corrected chi connectivity index (χ2v) is 6.16. The van der Waals surface area contributed by atoms with Crippen LogP contribution >= 0.6 is 0 Å². The molecule has 1 aromatic carbocycles. The maximum Gasteiger partial charge on any atom is 0.272 e. The molecule has 6 nitrogen and oxygen atoms in total. The molecule has 2 heterocycles. The lowest BCUT2D eigenvalue weighted by Gasteiger charge is -2.38. The molecule has 1 aromatic heterocycles. The molecule has 1 aliphatic heterocycles. The number of nitrogens with zero attached hydrogens (tertiary/aromatic N) is 2. The van der Waals surface area contributed by atoms with Crippen molar-refractivity contribution in [3.63, 3.8) is 0 Å². The van der Waals surface area contributed by atoms with Crippen molar-refractivity contribution in [3.05, 3.63) is 51.9 Å². The van der Waals surface area contributed by atoms with Crippen LogP contribution in [0.1, 0.15) is 29.9 Å². The minimum Gasteiger partial charge on any atom is -0.332 e. The fraction of sp³-hybridized carbons (Fsp3) is 0.412. The SMILES string of the molecule is Cc1ccc(-n2[nH]c(C(=O)N3CCNC(C)C3C)cc2=O)cc1. The van der Waals surface area contributed by atoms with Gasteiger partial charge in [0.2, 0.25) is 0 Å². The molecule has 1 fully saturated rings. The van der Waals surface area contributed by atoms with E-state index in [1.807, 2.05) is 43.0 Å². The summed E-state index contributed by atoms with van der Waals surface area (Å²) < 4.78 is 1.41. The van der Waals surface area contributed by atoms with Crippen LogP contribution in [0.4, 0.5) is 0 Å². The lowest BCUT2D eigenvalue weighted by atomic mass is 10.1. The molecule has 2 unspecified atom stereocenters. The molecule has 2 aromatic rings. The zero-order chi connectivity index (χ0) is 16.6. The van der Waals surface area contributed by atoms with Crippen molar-refractivity contribution in [2.45, 2.75) is 32.9 Å². The lowest BCUT2D eigenvalue weighted by Crippen LogP contribution is -2.57. The van der Waals surface area contributed by atoms with Gasteiger partial charge in [-0.1, -0.05) is 17.7 Å². The van der Waals surface area contributed by atoms with Gasteiger partial charge in [0.15, 0.2) is 0 Å². The van der Waals surface area contributed by atoms with Gasteiger partial charge in [-0.25, -0.2) is 4.68 Å². The van der Waals surface area contributed by atoms with Crippen LogP contribution in [0.15, 0.2) is 35.1 Å². The first-order valence-electron chi connectivity index (χ1n) is 7.91. The Balaban J connectivity index is 1.89. The second-order valence-electron chi connectivity index (χ2n) is 6.16. The number of aromatic nitrogens is 2. The summed E-state index contributed by atoms with van der Waals surface area (Å²) in [7, 11) is 0. The minimum atomic E-state index is -0.229. The van der Waals surface area contributed by atoms with Gasteiger partial charge >= 0.3 is 0 Å². The van der Waals surface area contributed by atoms with Gasteiger partial charge in [-0.3, -0.25) is 14.7 Å². The third-order valence-corrected chi connectivity index (χ3v) is 4.54. The normalized spacial score (nSPS) is 21.4. The van der Waals surface area contributed by atoms with Crippen LogP contribution < -0.4 is 10.9 Å². The Kier molecular flexibility index (Phi) is 4.09. The lowest BCUT2D eigenvalue weighted by molar-refractivity contribution is 0.0596. The third-order valence-electron chi connectivity index (χ3n) is 4.54. The molecule has 0 saturated carbocycles. The minimum absolute atomic E-state index is 0.0856. The van der Waals surface area contributed by atoms with Crippen molar-refractivity contribution in [1.82, 2.24) is 20.0 Å². The fourth-order valence-electron chi connectivity index (χ4n) is 2.89. The molecule has 1 saturated heterocycles. The maximum absolute atomic E-state index is 12.7. The predicted molar refractivity (Wildman–Crippen MR) is 89.1 cm³/mol. The number of aromatic amines is 1. The van der Waals surface area contributed by atoms with Gasteiger partial charge in [0.1, 0.15) is 5.69 Å². The van der Waals surface area contributed by atoms with E-state index in [-0.39, 0.29) is 23.6 Å². The summed E-state index contributed by atoms with van der Waals surface area (Å²) in [5, 5.41) is 6.29. The highest BCUT2D eigenvalue weighted by atomic mass is 16.2. The van der Waals surface area contributed by atoms with E-state index in [1.165, 1.54) is 10.7 Å². The number of amides is 1. The number of aryl methyl sites for hydroxylation is 1. The predicted octanol–water partition coefficient (Wildman–Crippen LogP) is 1.30. The summed E-state index contributed by atoms with van der Waals surface area (Å²) in [5.74, 6) is -0.131. The molecule has 0 radical (unpaired) electrons. The topological polar surface area (TPSA) is 70.1 Å². The summed E-state index contributed by atoms with van der Waals surface area (Å²) in [6, 6.07) is 9.28. The maximum atomic E-state index is 12.7. The van der Waals surface area contributed by atoms with Crippen LogP contribution in [0.2, 0.25) is 0 Å². The van der Waals surface area contributed by atoms with Gasteiger partial charge in [-0.15, -0.1) is 0 Å². The molecule has 0 aliphatic carbocycles. The number of hydrogen-bond acceptors (Lipinski definition) is 3. The van der Waals surface area contributed by atoms with E-state index in [1.54, 1.807) is 0 Å². The molecule has 6 heteroatoms. The first-order chi connectivity index (χ1) is 11.0. The number of carbonyl (C=O) groups excluding carboxylic acids is 1. The molecule has 1 aliphatic rings. The van der Waals surface area contributed by atoms with Gasteiger partial charge in [0, 0.05) is 31.2 Å². The summed E-state index contributed by atoms with van der Waals surface area (Å²) >= 11 is 0. The van der Waals surface area contributed by atoms with E-state index in [4.69, 9.17) is 0 Å². The van der Waals surface area contributed by atoms with E-state index >= 15 is 0 Å². The molecule has 0 spiro atoms. The quantitative estimate of drug-likeness (QED) is 0.878. The molecule has 122 valence electrons. The Morgan fingerprint density at radius 2 is 1.91 bits per heavy atom. The van der Waals surface area contributed by atoms with E-state index in [0.29, 0.717) is 12.2 Å². The van der Waals surface area contributed by atoms with Crippen LogP contribution in [-0.4, -0.2) is 45.8 Å². The molecule has 0 bridgehead atoms. The van der Waals surface area contributed by atoms with Gasteiger partial charge in [-0.05, 0) is 32.9 Å². The smallest absolute Gasteiger partial charge is 0.272 e. The summed E-state index contributed by atoms with van der Waals surface area (Å²) in [6.45, 7) is 7.47. The highest BCUT2D eigenvalue weighted by molar-refractivity contribution is 5.92. The highest BCUT2D eigenvalue weighted by Gasteiger charge is 2.29. The Morgan fingerprint density at radius 1 is 1.22 bits per heavy atom. The van der Waals surface area contributed by atoms with Gasteiger partial charge in [-0.2, -0.15) is 0 Å². The summed E-state index contributed by atoms with van der Waals surface area (Å²) in [6.07, 6.45) is 0. The number of H-pyrrole nitrogens is 1. The standard InChI is InChI=1S/C17H22N4O2/c1-11-4-6-14(7-5-11)21-16(22)10-15(19-21)17(23)20-9-8-18-12(2)13(20)3/h4-7,10,12-13,18-19H,8-9H2,1-3H3. The average molecular weight is 314 g/mol. The van der Waals surface area contributed by atoms with Crippen LogP contribution in [0.3, 0.4) is 0 Å². The van der Waals surface area contributed by atoms with Crippen LogP contribution in [0, 0.1) is 6.92 Å². The Hall–Kier alpha value is -2.34. The first-order valence-corrected chi connectivity index (χ1v) is 7.91. The number of nitrogens with one attached hydrogen (secondary N) is 2. The van der Waals surface area contributed by atoms with Crippen molar-refractivity contribution >= 4 is 5.91 Å². The van der Waals surface area contributed by atoms with E-state index in [0.717, 1.165) is 17.8 Å². The Labute approximate surface area is 135 Å². The number of carbonyl (C=O) groups is 1. The highest BCUT2D eigenvalue weighted by Crippen LogP contribution is 2.13. The number of benzene rings is 1. The zero-order valence-electron chi connectivity index (χ0n) is 13.7. The van der Waals surface area contributed by atoms with Crippen molar-refractivity contribution in [1.29, 1.82) is 0 Å². The molecule has 2 N–H and O–H groups in total. The van der Waals surface area contributed by atoms with Crippen LogP contribution in [0.25, 0.3) is 5.69 Å². The summed E-state index contributed by atoms with van der Waals surface area (Å²) in [4.78, 5) is 26.7. The first kappa shape index (κ1) is 15.6. The van der Waals surface area contributed by atoms with Crippen molar-refractivity contribution in [3.8, 4) is 5.69 Å². The zero-order valence-corrected chi connectivity index (χ0v) is 13.7. The fourth-order valence-corrected chi connectivity index (χ4v) is 2.89.